The second kappa shape index (κ2) is 6.30. The van der Waals surface area contributed by atoms with Crippen LogP contribution < -0.4 is 11.5 Å². The molecule has 1 aromatic rings. The van der Waals surface area contributed by atoms with E-state index in [1.165, 1.54) is 0 Å². The summed E-state index contributed by atoms with van der Waals surface area (Å²) >= 11 is 0. The molecule has 5 N–H and O–H groups in total. The number of hydrogen-bond acceptors (Lipinski definition) is 3. The van der Waals surface area contributed by atoms with Gasteiger partial charge in [0.25, 0.3) is 0 Å². The van der Waals surface area contributed by atoms with Crippen LogP contribution in [-0.2, 0) is 0 Å². The highest BCUT2D eigenvalue weighted by atomic mass is 16.3. The van der Waals surface area contributed by atoms with Crippen molar-refractivity contribution in [2.45, 2.75) is 31.8 Å². The van der Waals surface area contributed by atoms with Gasteiger partial charge >= 0.3 is 0 Å². The third-order valence-electron chi connectivity index (χ3n) is 2.55. The number of allylic oxidation sites excluding steroid dienone is 1. The molecule has 0 aliphatic carbocycles. The standard InChI is InChI=1S/C13H20N2O/c1-10(14)13(15)5-3-2-4-11-6-8-12(16)9-7-11/h2,4,6-10,13,16H,3,5,14-15H2,1H3/b4-2+. The molecule has 2 unspecified atom stereocenters. The summed E-state index contributed by atoms with van der Waals surface area (Å²) in [6.07, 6.45) is 5.91. The molecule has 1 rings (SSSR count). The summed E-state index contributed by atoms with van der Waals surface area (Å²) < 4.78 is 0. The summed E-state index contributed by atoms with van der Waals surface area (Å²) in [6, 6.07) is 7.20. The zero-order valence-electron chi connectivity index (χ0n) is 9.63. The largest absolute Gasteiger partial charge is 0.508 e. The maximum atomic E-state index is 9.11. The third kappa shape index (κ3) is 4.47. The lowest BCUT2D eigenvalue weighted by atomic mass is 10.1. The van der Waals surface area contributed by atoms with E-state index < -0.39 is 0 Å². The molecule has 0 saturated heterocycles. The number of rotatable bonds is 5. The van der Waals surface area contributed by atoms with E-state index in [0.29, 0.717) is 0 Å². The van der Waals surface area contributed by atoms with E-state index in [-0.39, 0.29) is 17.8 Å². The quantitative estimate of drug-likeness (QED) is 0.709. The van der Waals surface area contributed by atoms with Crippen LogP contribution >= 0.6 is 0 Å². The molecule has 0 fully saturated rings. The van der Waals surface area contributed by atoms with Crippen LogP contribution in [0.4, 0.5) is 0 Å². The van der Waals surface area contributed by atoms with E-state index in [0.717, 1.165) is 18.4 Å². The average molecular weight is 220 g/mol. The maximum Gasteiger partial charge on any atom is 0.115 e. The van der Waals surface area contributed by atoms with Crippen molar-refractivity contribution in [1.29, 1.82) is 0 Å². The normalized spacial score (nSPS) is 15.2. The predicted octanol–water partition coefficient (Wildman–Crippen LogP) is 1.86. The molecule has 0 aliphatic heterocycles. The molecule has 0 saturated carbocycles. The first-order chi connectivity index (χ1) is 7.59. The first-order valence-electron chi connectivity index (χ1n) is 5.56. The van der Waals surface area contributed by atoms with Gasteiger partial charge in [-0.1, -0.05) is 24.3 Å². The Bertz CT molecular complexity index is 330. The minimum Gasteiger partial charge on any atom is -0.508 e. The minimum atomic E-state index is 0.0436. The van der Waals surface area contributed by atoms with Crippen LogP contribution in [0.5, 0.6) is 5.75 Å². The third-order valence-corrected chi connectivity index (χ3v) is 2.55. The van der Waals surface area contributed by atoms with Crippen molar-refractivity contribution in [3.05, 3.63) is 35.9 Å². The average Bonchev–Trinajstić information content (AvgIpc) is 2.26. The van der Waals surface area contributed by atoms with Crippen LogP contribution in [0.1, 0.15) is 25.3 Å². The monoisotopic (exact) mass is 220 g/mol. The van der Waals surface area contributed by atoms with E-state index in [1.807, 2.05) is 25.1 Å². The minimum absolute atomic E-state index is 0.0436. The van der Waals surface area contributed by atoms with Crippen LogP contribution in [0.15, 0.2) is 30.3 Å². The van der Waals surface area contributed by atoms with Gasteiger partial charge in [0.1, 0.15) is 5.75 Å². The summed E-state index contributed by atoms with van der Waals surface area (Å²) in [5.41, 5.74) is 12.6. The number of aromatic hydroxyl groups is 1. The highest BCUT2D eigenvalue weighted by Gasteiger charge is 2.05. The van der Waals surface area contributed by atoms with Crippen molar-refractivity contribution in [3.8, 4) is 5.75 Å². The lowest BCUT2D eigenvalue weighted by Gasteiger charge is -2.13. The van der Waals surface area contributed by atoms with Gasteiger partial charge in [0.05, 0.1) is 0 Å². The number of benzene rings is 1. The van der Waals surface area contributed by atoms with Gasteiger partial charge in [0.15, 0.2) is 0 Å². The molecule has 0 heterocycles. The fraction of sp³-hybridized carbons (Fsp3) is 0.385. The molecule has 0 radical (unpaired) electrons. The van der Waals surface area contributed by atoms with Gasteiger partial charge < -0.3 is 16.6 Å². The number of phenols is 1. The van der Waals surface area contributed by atoms with Crippen LogP contribution in [0.3, 0.4) is 0 Å². The lowest BCUT2D eigenvalue weighted by Crippen LogP contribution is -2.38. The summed E-state index contributed by atoms with van der Waals surface area (Å²) in [7, 11) is 0. The molecular weight excluding hydrogens is 200 g/mol. The van der Waals surface area contributed by atoms with Crippen molar-refractivity contribution in [3.63, 3.8) is 0 Å². The SMILES string of the molecule is CC(N)C(N)CC/C=C/c1ccc(O)cc1. The summed E-state index contributed by atoms with van der Waals surface area (Å²) in [5, 5.41) is 9.11. The van der Waals surface area contributed by atoms with Crippen LogP contribution in [0.25, 0.3) is 6.08 Å². The van der Waals surface area contributed by atoms with Gasteiger partial charge in [-0.2, -0.15) is 0 Å². The molecular formula is C13H20N2O. The molecule has 0 aliphatic rings. The van der Waals surface area contributed by atoms with Gasteiger partial charge in [0.2, 0.25) is 0 Å². The van der Waals surface area contributed by atoms with Crippen LogP contribution in [0, 0.1) is 0 Å². The highest BCUT2D eigenvalue weighted by molar-refractivity contribution is 5.50. The molecule has 0 aromatic heterocycles. The van der Waals surface area contributed by atoms with Gasteiger partial charge in [0, 0.05) is 12.1 Å². The Morgan fingerprint density at radius 2 is 1.88 bits per heavy atom. The molecule has 0 spiro atoms. The molecule has 88 valence electrons. The van der Waals surface area contributed by atoms with Crippen molar-refractivity contribution in [2.75, 3.05) is 0 Å². The Labute approximate surface area is 96.8 Å². The van der Waals surface area contributed by atoms with Gasteiger partial charge in [-0.05, 0) is 37.5 Å². The Hall–Kier alpha value is -1.32. The number of nitrogens with two attached hydrogens (primary N) is 2. The van der Waals surface area contributed by atoms with Crippen LogP contribution in [-0.4, -0.2) is 17.2 Å². The van der Waals surface area contributed by atoms with E-state index in [9.17, 15) is 0 Å². The Kier molecular flexibility index (Phi) is 5.02. The molecule has 16 heavy (non-hydrogen) atoms. The van der Waals surface area contributed by atoms with E-state index in [2.05, 4.69) is 6.08 Å². The second-order valence-electron chi connectivity index (χ2n) is 4.09. The first-order valence-corrected chi connectivity index (χ1v) is 5.56. The van der Waals surface area contributed by atoms with Crippen molar-refractivity contribution >= 4 is 6.08 Å². The molecule has 3 nitrogen and oxygen atoms in total. The highest BCUT2D eigenvalue weighted by Crippen LogP contribution is 2.11. The molecule has 0 bridgehead atoms. The second-order valence-corrected chi connectivity index (χ2v) is 4.09. The van der Waals surface area contributed by atoms with Crippen molar-refractivity contribution in [1.82, 2.24) is 0 Å². The van der Waals surface area contributed by atoms with E-state index >= 15 is 0 Å². The number of hydrogen-bond donors (Lipinski definition) is 3. The smallest absolute Gasteiger partial charge is 0.115 e. The van der Waals surface area contributed by atoms with Gasteiger partial charge in [-0.25, -0.2) is 0 Å². The molecule has 2 atom stereocenters. The lowest BCUT2D eigenvalue weighted by molar-refractivity contribution is 0.475. The molecule has 1 aromatic carbocycles. The summed E-state index contributed by atoms with van der Waals surface area (Å²) in [5.74, 6) is 0.288. The summed E-state index contributed by atoms with van der Waals surface area (Å²) in [4.78, 5) is 0. The van der Waals surface area contributed by atoms with Crippen molar-refractivity contribution in [2.24, 2.45) is 11.5 Å². The van der Waals surface area contributed by atoms with Crippen LogP contribution in [0.2, 0.25) is 0 Å². The Morgan fingerprint density at radius 1 is 1.25 bits per heavy atom. The van der Waals surface area contributed by atoms with Gasteiger partial charge in [-0.3, -0.25) is 0 Å². The number of phenolic OH excluding ortho intramolecular Hbond substituents is 1. The van der Waals surface area contributed by atoms with E-state index in [1.54, 1.807) is 12.1 Å². The molecule has 3 heteroatoms. The van der Waals surface area contributed by atoms with E-state index in [4.69, 9.17) is 16.6 Å². The van der Waals surface area contributed by atoms with Crippen molar-refractivity contribution < 1.29 is 5.11 Å². The zero-order chi connectivity index (χ0) is 12.0. The fourth-order valence-electron chi connectivity index (χ4n) is 1.36. The maximum absolute atomic E-state index is 9.11. The Morgan fingerprint density at radius 3 is 2.44 bits per heavy atom. The first kappa shape index (κ1) is 12.7. The predicted molar refractivity (Wildman–Crippen MR) is 68.0 cm³/mol. The fourth-order valence-corrected chi connectivity index (χ4v) is 1.36. The summed E-state index contributed by atoms with van der Waals surface area (Å²) in [6.45, 7) is 1.92. The topological polar surface area (TPSA) is 72.3 Å². The zero-order valence-corrected chi connectivity index (χ0v) is 9.63. The van der Waals surface area contributed by atoms with Gasteiger partial charge in [-0.15, -0.1) is 0 Å². The Balaban J connectivity index is 2.35. The molecule has 0 amide bonds.